The lowest BCUT2D eigenvalue weighted by molar-refractivity contribution is 0.0874. The fraction of sp³-hybridized carbons (Fsp3) is 0.478. The molecule has 176 valence electrons. The number of aromatic nitrogens is 4. The van der Waals surface area contributed by atoms with Crippen LogP contribution in [-0.2, 0) is 13.1 Å². The summed E-state index contributed by atoms with van der Waals surface area (Å²) in [5, 5.41) is 6.83. The van der Waals surface area contributed by atoms with E-state index in [0.717, 1.165) is 31.2 Å². The van der Waals surface area contributed by atoms with Gasteiger partial charge in [-0.15, -0.1) is 0 Å². The molecule has 3 heterocycles. The minimum atomic E-state index is -0.595. The fourth-order valence-electron chi connectivity index (χ4n) is 4.06. The van der Waals surface area contributed by atoms with Crippen molar-refractivity contribution in [2.24, 2.45) is 5.41 Å². The summed E-state index contributed by atoms with van der Waals surface area (Å²) in [6.45, 7) is 9.36. The Hall–Kier alpha value is -3.14. The lowest BCUT2D eigenvalue weighted by Crippen LogP contribution is -2.37. The monoisotopic (exact) mass is 458 g/mol. The van der Waals surface area contributed by atoms with E-state index in [1.807, 2.05) is 32.4 Å². The molecular weight excluding hydrogens is 430 g/mol. The second-order valence-corrected chi connectivity index (χ2v) is 9.55. The van der Waals surface area contributed by atoms with Crippen molar-refractivity contribution in [2.45, 2.75) is 53.2 Å². The van der Waals surface area contributed by atoms with Crippen LogP contribution in [0.2, 0.25) is 0 Å². The molecule has 0 radical (unpaired) electrons. The van der Waals surface area contributed by atoms with E-state index in [-0.39, 0.29) is 17.1 Å². The van der Waals surface area contributed by atoms with E-state index < -0.39 is 29.0 Å². The predicted octanol–water partition coefficient (Wildman–Crippen LogP) is 3.87. The molecule has 0 bridgehead atoms. The Morgan fingerprint density at radius 3 is 2.64 bits per heavy atom. The number of rotatable bonds is 4. The first kappa shape index (κ1) is 23.0. The zero-order chi connectivity index (χ0) is 23.9. The molecule has 0 saturated heterocycles. The van der Waals surface area contributed by atoms with Crippen LogP contribution in [0.1, 0.15) is 61.1 Å². The third kappa shape index (κ3) is 4.66. The average Bonchev–Trinajstić information content (AvgIpc) is 3.25. The van der Waals surface area contributed by atoms with Crippen LogP contribution in [0.25, 0.3) is 11.4 Å². The molecular formula is C23H28F2N6O2. The van der Waals surface area contributed by atoms with E-state index in [2.05, 4.69) is 25.3 Å². The number of amides is 1. The van der Waals surface area contributed by atoms with Crippen LogP contribution < -0.4 is 5.32 Å². The summed E-state index contributed by atoms with van der Waals surface area (Å²) in [5.41, 5.74) is 0.424. The van der Waals surface area contributed by atoms with Crippen molar-refractivity contribution in [3.8, 4) is 11.4 Å². The predicted molar refractivity (Wildman–Crippen MR) is 117 cm³/mol. The van der Waals surface area contributed by atoms with Crippen LogP contribution in [0.5, 0.6) is 0 Å². The lowest BCUT2D eigenvalue weighted by atomic mass is 9.86. The number of nitrogens with zero attached hydrogens (tertiary/aromatic N) is 5. The van der Waals surface area contributed by atoms with Gasteiger partial charge in [0, 0.05) is 13.1 Å². The molecule has 0 fully saturated rings. The highest BCUT2D eigenvalue weighted by Crippen LogP contribution is 2.33. The van der Waals surface area contributed by atoms with Gasteiger partial charge in [0.1, 0.15) is 23.5 Å². The Morgan fingerprint density at radius 2 is 1.97 bits per heavy atom. The molecule has 1 aliphatic rings. The largest absolute Gasteiger partial charge is 0.338 e. The van der Waals surface area contributed by atoms with Crippen molar-refractivity contribution in [3.05, 3.63) is 52.9 Å². The molecule has 0 aliphatic carbocycles. The van der Waals surface area contributed by atoms with E-state index in [1.165, 1.54) is 0 Å². The first-order valence-corrected chi connectivity index (χ1v) is 10.9. The van der Waals surface area contributed by atoms with E-state index >= 15 is 0 Å². The molecule has 8 nitrogen and oxygen atoms in total. The number of nitrogens with one attached hydrogen (secondary N) is 1. The van der Waals surface area contributed by atoms with Crippen molar-refractivity contribution in [1.29, 1.82) is 0 Å². The molecule has 10 heteroatoms. The normalized spacial score (nSPS) is 15.7. The van der Waals surface area contributed by atoms with Gasteiger partial charge in [-0.2, -0.15) is 4.98 Å². The van der Waals surface area contributed by atoms with Crippen molar-refractivity contribution in [3.63, 3.8) is 0 Å². The number of hydrogen-bond donors (Lipinski definition) is 1. The van der Waals surface area contributed by atoms with E-state index in [9.17, 15) is 13.6 Å². The van der Waals surface area contributed by atoms with Gasteiger partial charge < -0.3 is 19.3 Å². The Kier molecular flexibility index (Phi) is 6.04. The summed E-state index contributed by atoms with van der Waals surface area (Å²) in [5.74, 6) is -0.596. The second kappa shape index (κ2) is 8.66. The SMILES string of the molecule is Cc1noc(C(NC(=O)c2nc(-c3cc(F)ccc3F)n3c2CN(C)CCC3)C(C)(C)C)n1. The standard InChI is InChI=1S/C23H28F2N6O2/c1-13-26-22(33-29-13)19(23(2,3)4)28-21(32)18-17-12-30(5)9-6-10-31(17)20(27-18)15-11-14(24)7-8-16(15)25/h7-8,11,19H,6,9-10,12H2,1-5H3,(H,28,32). The van der Waals surface area contributed by atoms with Crippen molar-refractivity contribution in [2.75, 3.05) is 13.6 Å². The lowest BCUT2D eigenvalue weighted by Gasteiger charge is -2.28. The molecule has 3 aromatic rings. The Balaban J connectivity index is 1.79. The highest BCUT2D eigenvalue weighted by atomic mass is 19.1. The molecule has 0 saturated carbocycles. The third-order valence-corrected chi connectivity index (χ3v) is 5.73. The highest BCUT2D eigenvalue weighted by molar-refractivity contribution is 5.94. The molecule has 4 rings (SSSR count). The molecule has 1 aliphatic heterocycles. The van der Waals surface area contributed by atoms with Crippen molar-refractivity contribution in [1.82, 2.24) is 29.9 Å². The smallest absolute Gasteiger partial charge is 0.272 e. The maximum Gasteiger partial charge on any atom is 0.272 e. The number of halogens is 2. The van der Waals surface area contributed by atoms with Crippen LogP contribution in [-0.4, -0.2) is 44.1 Å². The van der Waals surface area contributed by atoms with Crippen LogP contribution in [0, 0.1) is 24.0 Å². The highest BCUT2D eigenvalue weighted by Gasteiger charge is 2.35. The maximum absolute atomic E-state index is 14.6. The van der Waals surface area contributed by atoms with Crippen LogP contribution in [0.3, 0.4) is 0 Å². The molecule has 1 amide bonds. The van der Waals surface area contributed by atoms with E-state index in [1.54, 1.807) is 6.92 Å². The summed E-state index contributed by atoms with van der Waals surface area (Å²) < 4.78 is 35.8. The van der Waals surface area contributed by atoms with Crippen molar-refractivity contribution >= 4 is 5.91 Å². The minimum absolute atomic E-state index is 0.0275. The summed E-state index contributed by atoms with van der Waals surface area (Å²) in [4.78, 5) is 24.4. The molecule has 1 atom stereocenters. The molecule has 2 aromatic heterocycles. The number of imidazole rings is 1. The summed E-state index contributed by atoms with van der Waals surface area (Å²) in [6.07, 6.45) is 0.788. The zero-order valence-electron chi connectivity index (χ0n) is 19.4. The van der Waals surface area contributed by atoms with E-state index in [0.29, 0.717) is 30.5 Å². The van der Waals surface area contributed by atoms with Crippen molar-refractivity contribution < 1.29 is 18.1 Å². The van der Waals surface area contributed by atoms with Gasteiger partial charge in [-0.1, -0.05) is 25.9 Å². The molecule has 33 heavy (non-hydrogen) atoms. The van der Waals surface area contributed by atoms with Gasteiger partial charge in [-0.25, -0.2) is 13.8 Å². The topological polar surface area (TPSA) is 89.1 Å². The number of carbonyl (C=O) groups is 1. The minimum Gasteiger partial charge on any atom is -0.338 e. The van der Waals surface area contributed by atoms with Gasteiger partial charge in [0.15, 0.2) is 11.5 Å². The number of fused-ring (bicyclic) bond motifs is 1. The van der Waals surface area contributed by atoms with Gasteiger partial charge in [-0.05, 0) is 50.6 Å². The van der Waals surface area contributed by atoms with Crippen LogP contribution in [0.4, 0.5) is 8.78 Å². The van der Waals surface area contributed by atoms with Gasteiger partial charge in [0.25, 0.3) is 5.91 Å². The summed E-state index contributed by atoms with van der Waals surface area (Å²) in [6, 6.07) is 2.68. The maximum atomic E-state index is 14.6. The zero-order valence-corrected chi connectivity index (χ0v) is 19.4. The summed E-state index contributed by atoms with van der Waals surface area (Å²) in [7, 11) is 1.95. The first-order chi connectivity index (χ1) is 15.5. The Morgan fingerprint density at radius 1 is 1.21 bits per heavy atom. The average molecular weight is 459 g/mol. The first-order valence-electron chi connectivity index (χ1n) is 10.9. The summed E-state index contributed by atoms with van der Waals surface area (Å²) >= 11 is 0. The molecule has 1 N–H and O–H groups in total. The number of hydrogen-bond acceptors (Lipinski definition) is 6. The quantitative estimate of drug-likeness (QED) is 0.639. The number of carbonyl (C=O) groups excluding carboxylic acids is 1. The number of benzene rings is 1. The van der Waals surface area contributed by atoms with Crippen LogP contribution >= 0.6 is 0 Å². The van der Waals surface area contributed by atoms with Gasteiger partial charge in [0.2, 0.25) is 5.89 Å². The van der Waals surface area contributed by atoms with Gasteiger partial charge in [0.05, 0.1) is 11.3 Å². The Bertz CT molecular complexity index is 1180. The number of aryl methyl sites for hydroxylation is 1. The molecule has 1 aromatic carbocycles. The van der Waals surface area contributed by atoms with Gasteiger partial charge in [-0.3, -0.25) is 4.79 Å². The third-order valence-electron chi connectivity index (χ3n) is 5.73. The van der Waals surface area contributed by atoms with Gasteiger partial charge >= 0.3 is 0 Å². The molecule has 1 unspecified atom stereocenters. The van der Waals surface area contributed by atoms with E-state index in [4.69, 9.17) is 4.52 Å². The second-order valence-electron chi connectivity index (χ2n) is 9.55. The molecule has 0 spiro atoms. The fourth-order valence-corrected chi connectivity index (χ4v) is 4.06. The van der Waals surface area contributed by atoms with Crippen LogP contribution in [0.15, 0.2) is 22.7 Å². The Labute approximate surface area is 191 Å².